The molecule has 0 spiro atoms. The van der Waals surface area contributed by atoms with E-state index in [9.17, 15) is 9.59 Å². The number of nitrogens with one attached hydrogen (secondary N) is 1. The van der Waals surface area contributed by atoms with Crippen molar-refractivity contribution in [3.63, 3.8) is 0 Å². The molecule has 0 saturated heterocycles. The van der Waals surface area contributed by atoms with Gasteiger partial charge in [0.05, 0.1) is 19.9 Å². The van der Waals surface area contributed by atoms with Crippen LogP contribution in [0.3, 0.4) is 0 Å². The van der Waals surface area contributed by atoms with E-state index < -0.39 is 5.91 Å². The summed E-state index contributed by atoms with van der Waals surface area (Å²) in [5.74, 6) is 0.555. The summed E-state index contributed by atoms with van der Waals surface area (Å²) >= 11 is 0. The Morgan fingerprint density at radius 3 is 2.36 bits per heavy atom. The third-order valence-electron chi connectivity index (χ3n) is 4.17. The fourth-order valence-corrected chi connectivity index (χ4v) is 2.82. The summed E-state index contributed by atoms with van der Waals surface area (Å²) in [7, 11) is 3.06. The topological polar surface area (TPSA) is 80.8 Å². The van der Waals surface area contributed by atoms with Crippen LogP contribution >= 0.6 is 0 Å². The molecule has 7 nitrogen and oxygen atoms in total. The number of carbonyl (C=O) groups excluding carboxylic acids is 2. The van der Waals surface area contributed by atoms with Crippen molar-refractivity contribution in [1.29, 1.82) is 0 Å². The fraction of sp³-hybridized carbons (Fsp3) is 0.381. The van der Waals surface area contributed by atoms with E-state index in [1.807, 2.05) is 13.8 Å². The summed E-state index contributed by atoms with van der Waals surface area (Å²) < 4.78 is 10.5. The maximum absolute atomic E-state index is 12.8. The van der Waals surface area contributed by atoms with Crippen LogP contribution in [0.4, 0.5) is 5.69 Å². The number of anilines is 1. The number of amides is 2. The number of hydrogen-bond donors (Lipinski definition) is 1. The number of carbonyl (C=O) groups is 2. The molecule has 0 saturated carbocycles. The van der Waals surface area contributed by atoms with Crippen LogP contribution in [0, 0.1) is 0 Å². The molecule has 0 atom stereocenters. The predicted molar refractivity (Wildman–Crippen MR) is 108 cm³/mol. The second kappa shape index (κ2) is 10.3. The maximum atomic E-state index is 12.8. The van der Waals surface area contributed by atoms with Crippen LogP contribution in [0.25, 0.3) is 0 Å². The molecule has 7 heteroatoms. The number of benzene rings is 1. The first-order chi connectivity index (χ1) is 13.5. The number of rotatable bonds is 9. The van der Waals surface area contributed by atoms with E-state index in [1.54, 1.807) is 36.3 Å². The molecule has 2 aromatic rings. The van der Waals surface area contributed by atoms with E-state index in [0.29, 0.717) is 35.8 Å². The first-order valence-corrected chi connectivity index (χ1v) is 9.32. The molecule has 0 bridgehead atoms. The largest absolute Gasteiger partial charge is 0.497 e. The molecule has 1 heterocycles. The Bertz CT molecular complexity index is 817. The summed E-state index contributed by atoms with van der Waals surface area (Å²) in [6.45, 7) is 5.42. The molecule has 0 aliphatic heterocycles. The predicted octanol–water partition coefficient (Wildman–Crippen LogP) is 3.61. The lowest BCUT2D eigenvalue weighted by Crippen LogP contribution is -2.32. The molecule has 0 radical (unpaired) electrons. The van der Waals surface area contributed by atoms with Gasteiger partial charge < -0.3 is 19.7 Å². The van der Waals surface area contributed by atoms with Gasteiger partial charge in [-0.1, -0.05) is 13.8 Å². The molecular weight excluding hydrogens is 358 g/mol. The molecule has 28 heavy (non-hydrogen) atoms. The zero-order chi connectivity index (χ0) is 20.5. The number of aromatic nitrogens is 1. The fourth-order valence-electron chi connectivity index (χ4n) is 2.82. The van der Waals surface area contributed by atoms with Gasteiger partial charge in [0.25, 0.3) is 11.8 Å². The number of methoxy groups -OCH3 is 2. The minimum Gasteiger partial charge on any atom is -0.497 e. The standard InChI is InChI=1S/C21H27N3O4/c1-5-11-24(12-6-2)21(26)15-9-10-22-18(13-15)20(25)23-17-14-16(27-3)7-8-19(17)28-4/h7-10,13-14H,5-6,11-12H2,1-4H3,(H,23,25). The average molecular weight is 385 g/mol. The van der Waals surface area contributed by atoms with Gasteiger partial charge in [0, 0.05) is 30.9 Å². The van der Waals surface area contributed by atoms with Gasteiger partial charge in [0.15, 0.2) is 0 Å². The van der Waals surface area contributed by atoms with Gasteiger partial charge in [-0.2, -0.15) is 0 Å². The Labute approximate surface area is 165 Å². The van der Waals surface area contributed by atoms with Crippen molar-refractivity contribution in [3.05, 3.63) is 47.8 Å². The summed E-state index contributed by atoms with van der Waals surface area (Å²) in [6, 6.07) is 8.25. The van der Waals surface area contributed by atoms with Crippen molar-refractivity contribution in [3.8, 4) is 11.5 Å². The molecule has 0 aliphatic rings. The molecular formula is C21H27N3O4. The normalized spacial score (nSPS) is 10.3. The van der Waals surface area contributed by atoms with Gasteiger partial charge >= 0.3 is 0 Å². The third-order valence-corrected chi connectivity index (χ3v) is 4.17. The van der Waals surface area contributed by atoms with Crippen LogP contribution in [0.5, 0.6) is 11.5 Å². The lowest BCUT2D eigenvalue weighted by Gasteiger charge is -2.21. The number of nitrogens with zero attached hydrogens (tertiary/aromatic N) is 2. The zero-order valence-electron chi connectivity index (χ0n) is 16.8. The van der Waals surface area contributed by atoms with Gasteiger partial charge in [-0.3, -0.25) is 14.6 Å². The number of hydrogen-bond acceptors (Lipinski definition) is 5. The highest BCUT2D eigenvalue weighted by Crippen LogP contribution is 2.29. The highest BCUT2D eigenvalue weighted by molar-refractivity contribution is 6.05. The van der Waals surface area contributed by atoms with Crippen LogP contribution in [0.15, 0.2) is 36.5 Å². The van der Waals surface area contributed by atoms with Crippen LogP contribution in [0.2, 0.25) is 0 Å². The molecule has 0 aliphatic carbocycles. The highest BCUT2D eigenvalue weighted by Gasteiger charge is 2.18. The molecule has 1 aromatic carbocycles. The SMILES string of the molecule is CCCN(CCC)C(=O)c1ccnc(C(=O)Nc2cc(OC)ccc2OC)c1. The van der Waals surface area contributed by atoms with Crippen molar-refractivity contribution in [2.75, 3.05) is 32.6 Å². The lowest BCUT2D eigenvalue weighted by molar-refractivity contribution is 0.0755. The van der Waals surface area contributed by atoms with E-state index >= 15 is 0 Å². The van der Waals surface area contributed by atoms with Gasteiger partial charge in [0.1, 0.15) is 17.2 Å². The number of ether oxygens (including phenoxy) is 2. The Hall–Kier alpha value is -3.09. The average Bonchev–Trinajstić information content (AvgIpc) is 2.73. The minimum absolute atomic E-state index is 0.0980. The molecule has 150 valence electrons. The smallest absolute Gasteiger partial charge is 0.274 e. The quantitative estimate of drug-likeness (QED) is 0.713. The molecule has 2 rings (SSSR count). The van der Waals surface area contributed by atoms with Gasteiger partial charge in [0.2, 0.25) is 0 Å². The van der Waals surface area contributed by atoms with Crippen LogP contribution in [-0.2, 0) is 0 Å². The Balaban J connectivity index is 2.24. The van der Waals surface area contributed by atoms with Gasteiger partial charge in [-0.05, 0) is 37.1 Å². The van der Waals surface area contributed by atoms with Crippen LogP contribution in [0.1, 0.15) is 47.5 Å². The van der Waals surface area contributed by atoms with Crippen molar-refractivity contribution in [2.24, 2.45) is 0 Å². The first-order valence-electron chi connectivity index (χ1n) is 9.32. The van der Waals surface area contributed by atoms with Crippen LogP contribution < -0.4 is 14.8 Å². The van der Waals surface area contributed by atoms with E-state index in [2.05, 4.69) is 10.3 Å². The molecule has 1 aromatic heterocycles. The second-order valence-corrected chi connectivity index (χ2v) is 6.24. The first kappa shape index (κ1) is 21.2. The third kappa shape index (κ3) is 5.22. The zero-order valence-corrected chi connectivity index (χ0v) is 16.8. The lowest BCUT2D eigenvalue weighted by atomic mass is 10.1. The molecule has 0 fully saturated rings. The molecule has 2 amide bonds. The summed E-state index contributed by atoms with van der Waals surface area (Å²) in [4.78, 5) is 31.4. The maximum Gasteiger partial charge on any atom is 0.274 e. The molecule has 1 N–H and O–H groups in total. The van der Waals surface area contributed by atoms with E-state index in [0.717, 1.165) is 12.8 Å². The van der Waals surface area contributed by atoms with E-state index in [4.69, 9.17) is 9.47 Å². The second-order valence-electron chi connectivity index (χ2n) is 6.24. The summed E-state index contributed by atoms with van der Waals surface area (Å²) in [5, 5.41) is 2.77. The van der Waals surface area contributed by atoms with E-state index in [1.165, 1.54) is 19.4 Å². The monoisotopic (exact) mass is 385 g/mol. The van der Waals surface area contributed by atoms with Crippen molar-refractivity contribution in [2.45, 2.75) is 26.7 Å². The Kier molecular flexibility index (Phi) is 7.80. The van der Waals surface area contributed by atoms with Gasteiger partial charge in [-0.15, -0.1) is 0 Å². The van der Waals surface area contributed by atoms with Gasteiger partial charge in [-0.25, -0.2) is 0 Å². The Morgan fingerprint density at radius 2 is 1.75 bits per heavy atom. The van der Waals surface area contributed by atoms with Crippen molar-refractivity contribution < 1.29 is 19.1 Å². The Morgan fingerprint density at radius 1 is 1.04 bits per heavy atom. The number of pyridine rings is 1. The summed E-state index contributed by atoms with van der Waals surface area (Å²) in [6.07, 6.45) is 3.22. The van der Waals surface area contributed by atoms with E-state index in [-0.39, 0.29) is 11.6 Å². The van der Waals surface area contributed by atoms with Crippen molar-refractivity contribution in [1.82, 2.24) is 9.88 Å². The highest BCUT2D eigenvalue weighted by atomic mass is 16.5. The van der Waals surface area contributed by atoms with Crippen LogP contribution in [-0.4, -0.2) is 49.0 Å². The summed E-state index contributed by atoms with van der Waals surface area (Å²) in [5.41, 5.74) is 1.06. The minimum atomic E-state index is -0.432. The molecule has 0 unspecified atom stereocenters. The van der Waals surface area contributed by atoms with Crippen molar-refractivity contribution >= 4 is 17.5 Å².